The SMILES string of the molecule is CCC(=O)C(CC)CC(=O)O. The van der Waals surface area contributed by atoms with E-state index < -0.39 is 5.97 Å². The summed E-state index contributed by atoms with van der Waals surface area (Å²) in [5.74, 6) is -1.12. The molecule has 0 aromatic rings. The molecule has 1 unspecified atom stereocenters. The van der Waals surface area contributed by atoms with Crippen molar-refractivity contribution in [3.05, 3.63) is 0 Å². The summed E-state index contributed by atoms with van der Waals surface area (Å²) < 4.78 is 0. The van der Waals surface area contributed by atoms with Crippen molar-refractivity contribution >= 4 is 11.8 Å². The molecule has 0 rings (SSSR count). The number of hydrogen-bond donors (Lipinski definition) is 1. The van der Waals surface area contributed by atoms with E-state index in [4.69, 9.17) is 5.11 Å². The van der Waals surface area contributed by atoms with Crippen LogP contribution >= 0.6 is 0 Å². The summed E-state index contributed by atoms with van der Waals surface area (Å²) in [5.41, 5.74) is 0. The average molecular weight is 158 g/mol. The Morgan fingerprint density at radius 1 is 1.36 bits per heavy atom. The second kappa shape index (κ2) is 4.88. The van der Waals surface area contributed by atoms with Crippen molar-refractivity contribution in [2.75, 3.05) is 0 Å². The highest BCUT2D eigenvalue weighted by Gasteiger charge is 2.17. The van der Waals surface area contributed by atoms with Crippen LogP contribution in [0.5, 0.6) is 0 Å². The van der Waals surface area contributed by atoms with Gasteiger partial charge in [-0.3, -0.25) is 9.59 Å². The van der Waals surface area contributed by atoms with Crippen molar-refractivity contribution in [3.63, 3.8) is 0 Å². The van der Waals surface area contributed by atoms with Crippen molar-refractivity contribution in [1.29, 1.82) is 0 Å². The minimum absolute atomic E-state index is 0.0246. The van der Waals surface area contributed by atoms with Crippen LogP contribution in [-0.4, -0.2) is 16.9 Å². The van der Waals surface area contributed by atoms with E-state index in [0.29, 0.717) is 12.8 Å². The fraction of sp³-hybridized carbons (Fsp3) is 0.750. The number of ketones is 1. The van der Waals surface area contributed by atoms with Gasteiger partial charge in [-0.15, -0.1) is 0 Å². The van der Waals surface area contributed by atoms with Crippen LogP contribution in [0.25, 0.3) is 0 Å². The minimum Gasteiger partial charge on any atom is -0.481 e. The zero-order valence-electron chi connectivity index (χ0n) is 6.96. The minimum atomic E-state index is -0.890. The number of hydrogen-bond acceptors (Lipinski definition) is 2. The third-order valence-electron chi connectivity index (χ3n) is 1.72. The van der Waals surface area contributed by atoms with E-state index in [9.17, 15) is 9.59 Å². The predicted molar refractivity (Wildman–Crippen MR) is 41.3 cm³/mol. The molecule has 64 valence electrons. The van der Waals surface area contributed by atoms with E-state index in [0.717, 1.165) is 0 Å². The van der Waals surface area contributed by atoms with Crippen LogP contribution in [0.2, 0.25) is 0 Å². The number of Topliss-reactive ketones (excluding diaryl/α,β-unsaturated/α-hetero) is 1. The van der Waals surface area contributed by atoms with E-state index in [1.807, 2.05) is 6.92 Å². The Balaban J connectivity index is 3.94. The van der Waals surface area contributed by atoms with Gasteiger partial charge in [0.15, 0.2) is 0 Å². The Bertz CT molecular complexity index is 151. The first kappa shape index (κ1) is 10.1. The second-order valence-electron chi connectivity index (χ2n) is 2.52. The second-order valence-corrected chi connectivity index (χ2v) is 2.52. The Morgan fingerprint density at radius 2 is 1.91 bits per heavy atom. The Morgan fingerprint density at radius 3 is 2.18 bits per heavy atom. The van der Waals surface area contributed by atoms with Crippen molar-refractivity contribution in [2.24, 2.45) is 5.92 Å². The van der Waals surface area contributed by atoms with Crippen LogP contribution < -0.4 is 0 Å². The Hall–Kier alpha value is -0.860. The molecule has 0 bridgehead atoms. The molecule has 0 aliphatic rings. The molecule has 0 heterocycles. The molecule has 1 atom stereocenters. The molecule has 3 nitrogen and oxygen atoms in total. The molecule has 0 amide bonds. The van der Waals surface area contributed by atoms with E-state index >= 15 is 0 Å². The van der Waals surface area contributed by atoms with Crippen LogP contribution in [0.4, 0.5) is 0 Å². The summed E-state index contributed by atoms with van der Waals surface area (Å²) in [6.45, 7) is 3.59. The fourth-order valence-electron chi connectivity index (χ4n) is 0.985. The maximum atomic E-state index is 11.0. The van der Waals surface area contributed by atoms with Crippen molar-refractivity contribution in [1.82, 2.24) is 0 Å². The molecule has 0 fully saturated rings. The Labute approximate surface area is 66.4 Å². The molecule has 3 heteroatoms. The van der Waals surface area contributed by atoms with Gasteiger partial charge in [0.05, 0.1) is 6.42 Å². The van der Waals surface area contributed by atoms with E-state index in [1.165, 1.54) is 0 Å². The zero-order chi connectivity index (χ0) is 8.85. The van der Waals surface area contributed by atoms with Crippen LogP contribution in [0, 0.1) is 5.92 Å². The van der Waals surface area contributed by atoms with E-state index in [1.54, 1.807) is 6.92 Å². The van der Waals surface area contributed by atoms with Gasteiger partial charge in [0, 0.05) is 12.3 Å². The van der Waals surface area contributed by atoms with Gasteiger partial charge in [0.1, 0.15) is 5.78 Å². The molecule has 11 heavy (non-hydrogen) atoms. The predicted octanol–water partition coefficient (Wildman–Crippen LogP) is 1.47. The highest BCUT2D eigenvalue weighted by Crippen LogP contribution is 2.11. The maximum absolute atomic E-state index is 11.0. The summed E-state index contributed by atoms with van der Waals surface area (Å²) in [5, 5.41) is 8.41. The highest BCUT2D eigenvalue weighted by atomic mass is 16.4. The van der Waals surface area contributed by atoms with Gasteiger partial charge in [-0.2, -0.15) is 0 Å². The first-order valence-corrected chi connectivity index (χ1v) is 3.86. The average Bonchev–Trinajstić information content (AvgIpc) is 1.98. The van der Waals surface area contributed by atoms with Crippen LogP contribution in [-0.2, 0) is 9.59 Å². The van der Waals surface area contributed by atoms with Gasteiger partial charge in [-0.25, -0.2) is 0 Å². The third-order valence-corrected chi connectivity index (χ3v) is 1.72. The topological polar surface area (TPSA) is 54.4 Å². The molecule has 0 aromatic heterocycles. The van der Waals surface area contributed by atoms with Gasteiger partial charge in [0.25, 0.3) is 0 Å². The van der Waals surface area contributed by atoms with Gasteiger partial charge in [-0.1, -0.05) is 13.8 Å². The first-order valence-electron chi connectivity index (χ1n) is 3.86. The van der Waals surface area contributed by atoms with E-state index in [-0.39, 0.29) is 18.1 Å². The molecule has 0 aliphatic carbocycles. The molecule has 1 N–H and O–H groups in total. The van der Waals surface area contributed by atoms with Crippen LogP contribution in [0.15, 0.2) is 0 Å². The smallest absolute Gasteiger partial charge is 0.304 e. The van der Waals surface area contributed by atoms with Gasteiger partial charge >= 0.3 is 5.97 Å². The monoisotopic (exact) mass is 158 g/mol. The Kier molecular flexibility index (Phi) is 4.50. The highest BCUT2D eigenvalue weighted by molar-refractivity contribution is 5.84. The lowest BCUT2D eigenvalue weighted by Crippen LogP contribution is -2.16. The summed E-state index contributed by atoms with van der Waals surface area (Å²) in [7, 11) is 0. The number of carboxylic acid groups (broad SMARTS) is 1. The lowest BCUT2D eigenvalue weighted by Gasteiger charge is -2.08. The fourth-order valence-corrected chi connectivity index (χ4v) is 0.985. The van der Waals surface area contributed by atoms with E-state index in [2.05, 4.69) is 0 Å². The summed E-state index contributed by atoms with van der Waals surface area (Å²) in [6.07, 6.45) is 1.04. The molecule has 0 saturated heterocycles. The number of rotatable bonds is 5. The lowest BCUT2D eigenvalue weighted by atomic mass is 9.96. The summed E-state index contributed by atoms with van der Waals surface area (Å²) >= 11 is 0. The molecular weight excluding hydrogens is 144 g/mol. The quantitative estimate of drug-likeness (QED) is 0.659. The molecule has 0 saturated carbocycles. The van der Waals surface area contributed by atoms with Gasteiger partial charge in [0.2, 0.25) is 0 Å². The molecular formula is C8H14O3. The number of aliphatic carboxylic acids is 1. The van der Waals surface area contributed by atoms with Gasteiger partial charge < -0.3 is 5.11 Å². The standard InChI is InChI=1S/C8H14O3/c1-3-6(5-8(10)11)7(9)4-2/h6H,3-5H2,1-2H3,(H,10,11). The molecule has 0 aliphatic heterocycles. The molecule has 0 spiro atoms. The number of carbonyl (C=O) groups is 2. The van der Waals surface area contributed by atoms with Crippen LogP contribution in [0.1, 0.15) is 33.1 Å². The largest absolute Gasteiger partial charge is 0.481 e. The third kappa shape index (κ3) is 3.75. The number of carboxylic acids is 1. The zero-order valence-corrected chi connectivity index (χ0v) is 6.96. The summed E-state index contributed by atoms with van der Waals surface area (Å²) in [4.78, 5) is 21.3. The lowest BCUT2D eigenvalue weighted by molar-refractivity contribution is -0.140. The van der Waals surface area contributed by atoms with Crippen molar-refractivity contribution in [2.45, 2.75) is 33.1 Å². The summed E-state index contributed by atoms with van der Waals surface area (Å²) in [6, 6.07) is 0. The molecule has 0 aromatic carbocycles. The van der Waals surface area contributed by atoms with Crippen molar-refractivity contribution in [3.8, 4) is 0 Å². The van der Waals surface area contributed by atoms with Gasteiger partial charge in [-0.05, 0) is 6.42 Å². The van der Waals surface area contributed by atoms with Crippen LogP contribution in [0.3, 0.4) is 0 Å². The normalized spacial score (nSPS) is 12.5. The maximum Gasteiger partial charge on any atom is 0.304 e. The van der Waals surface area contributed by atoms with Crippen molar-refractivity contribution < 1.29 is 14.7 Å². The first-order chi connectivity index (χ1) is 5.11. The molecule has 0 radical (unpaired) electrons. The number of carbonyl (C=O) groups excluding carboxylic acids is 1.